The van der Waals surface area contributed by atoms with Crippen LogP contribution >= 0.6 is 0 Å². The van der Waals surface area contributed by atoms with E-state index in [0.717, 1.165) is 50.0 Å². The molecule has 1 atom stereocenters. The Morgan fingerprint density at radius 3 is 2.20 bits per heavy atom. The molecule has 0 fully saturated rings. The van der Waals surface area contributed by atoms with Gasteiger partial charge in [0.1, 0.15) is 0 Å². The number of nitrogens with one attached hydrogen (secondary N) is 1. The third kappa shape index (κ3) is 6.40. The highest BCUT2D eigenvalue weighted by atomic mass is 16.5. The zero-order valence-electron chi connectivity index (χ0n) is 22.0. The van der Waals surface area contributed by atoms with Crippen molar-refractivity contribution in [2.75, 3.05) is 41.5 Å². The summed E-state index contributed by atoms with van der Waals surface area (Å²) in [6.45, 7) is 5.39. The highest BCUT2D eigenvalue weighted by molar-refractivity contribution is 5.78. The molecule has 0 aliphatic carbocycles. The van der Waals surface area contributed by atoms with Crippen molar-refractivity contribution >= 4 is 5.91 Å². The summed E-state index contributed by atoms with van der Waals surface area (Å²) in [6, 6.07) is 10.4. The van der Waals surface area contributed by atoms with Gasteiger partial charge in [-0.3, -0.25) is 9.69 Å². The third-order valence-corrected chi connectivity index (χ3v) is 6.91. The van der Waals surface area contributed by atoms with Crippen LogP contribution in [0.3, 0.4) is 0 Å². The van der Waals surface area contributed by atoms with Crippen molar-refractivity contribution in [3.63, 3.8) is 0 Å². The molecule has 0 bridgehead atoms. The second-order valence-corrected chi connectivity index (χ2v) is 8.97. The first-order chi connectivity index (χ1) is 17.0. The van der Waals surface area contributed by atoms with Crippen molar-refractivity contribution < 1.29 is 23.7 Å². The van der Waals surface area contributed by atoms with Gasteiger partial charge >= 0.3 is 0 Å². The van der Waals surface area contributed by atoms with Crippen LogP contribution in [0.4, 0.5) is 0 Å². The molecule has 0 saturated heterocycles. The molecule has 1 aliphatic rings. The van der Waals surface area contributed by atoms with Crippen LogP contribution in [0.25, 0.3) is 0 Å². The number of nitrogens with zero attached hydrogens (tertiary/aromatic N) is 1. The van der Waals surface area contributed by atoms with Gasteiger partial charge in [-0.2, -0.15) is 0 Å². The topological polar surface area (TPSA) is 69.3 Å². The summed E-state index contributed by atoms with van der Waals surface area (Å²) in [4.78, 5) is 15.3. The highest BCUT2D eigenvalue weighted by Gasteiger charge is 2.29. The predicted octanol–water partition coefficient (Wildman–Crippen LogP) is 4.56. The summed E-state index contributed by atoms with van der Waals surface area (Å²) in [5.41, 5.74) is 3.52. The molecular weight excluding hydrogens is 444 g/mol. The molecular formula is C28H40N2O5. The van der Waals surface area contributed by atoms with Crippen LogP contribution in [-0.4, -0.2) is 58.4 Å². The summed E-state index contributed by atoms with van der Waals surface area (Å²) in [5.74, 6) is 2.90. The Labute approximate surface area is 209 Å². The number of amides is 1. The van der Waals surface area contributed by atoms with Gasteiger partial charge in [0.15, 0.2) is 23.0 Å². The maximum Gasteiger partial charge on any atom is 0.234 e. The summed E-state index contributed by atoms with van der Waals surface area (Å²) >= 11 is 0. The molecule has 35 heavy (non-hydrogen) atoms. The number of benzene rings is 2. The molecule has 1 amide bonds. The van der Waals surface area contributed by atoms with Gasteiger partial charge in [0.25, 0.3) is 0 Å². The van der Waals surface area contributed by atoms with Crippen LogP contribution < -0.4 is 24.3 Å². The smallest absolute Gasteiger partial charge is 0.234 e. The number of fused-ring (bicyclic) bond motifs is 1. The molecule has 192 valence electrons. The number of aryl methyl sites for hydroxylation is 1. The number of carbonyl (C=O) groups excluding carboxylic acids is 1. The Morgan fingerprint density at radius 1 is 0.943 bits per heavy atom. The lowest BCUT2D eigenvalue weighted by Crippen LogP contribution is -2.43. The number of ether oxygens (including phenoxy) is 4. The Hall–Kier alpha value is -2.93. The van der Waals surface area contributed by atoms with Gasteiger partial charge in [-0.15, -0.1) is 0 Å². The first-order valence-corrected chi connectivity index (χ1v) is 12.5. The Bertz CT molecular complexity index is 990. The van der Waals surface area contributed by atoms with Gasteiger partial charge in [0.2, 0.25) is 5.91 Å². The van der Waals surface area contributed by atoms with E-state index in [0.29, 0.717) is 23.8 Å². The van der Waals surface area contributed by atoms with Gasteiger partial charge in [0, 0.05) is 12.1 Å². The Kier molecular flexibility index (Phi) is 9.66. The predicted molar refractivity (Wildman–Crippen MR) is 138 cm³/mol. The van der Waals surface area contributed by atoms with Crippen LogP contribution in [0.1, 0.15) is 55.8 Å². The lowest BCUT2D eigenvalue weighted by molar-refractivity contribution is -0.123. The molecule has 0 aromatic heterocycles. The van der Waals surface area contributed by atoms with Gasteiger partial charge in [-0.05, 0) is 79.6 Å². The normalized spacial score (nSPS) is 15.8. The van der Waals surface area contributed by atoms with E-state index in [2.05, 4.69) is 42.3 Å². The van der Waals surface area contributed by atoms with Crippen molar-refractivity contribution in [2.24, 2.45) is 0 Å². The fourth-order valence-electron chi connectivity index (χ4n) is 4.90. The molecule has 7 nitrogen and oxygen atoms in total. The van der Waals surface area contributed by atoms with Crippen LogP contribution in [0, 0.1) is 0 Å². The molecule has 0 saturated carbocycles. The summed E-state index contributed by atoms with van der Waals surface area (Å²) in [5, 5.41) is 3.20. The monoisotopic (exact) mass is 484 g/mol. The largest absolute Gasteiger partial charge is 0.493 e. The van der Waals surface area contributed by atoms with Crippen LogP contribution in [0.15, 0.2) is 30.3 Å². The lowest BCUT2D eigenvalue weighted by atomic mass is 9.92. The number of hydrogen-bond acceptors (Lipinski definition) is 6. The van der Waals surface area contributed by atoms with Crippen LogP contribution in [0.5, 0.6) is 23.0 Å². The Morgan fingerprint density at radius 2 is 1.57 bits per heavy atom. The molecule has 1 aliphatic heterocycles. The molecule has 1 unspecified atom stereocenters. The fraction of sp³-hybridized carbons (Fsp3) is 0.536. The van der Waals surface area contributed by atoms with Crippen molar-refractivity contribution in [2.45, 2.75) is 58.0 Å². The second-order valence-electron chi connectivity index (χ2n) is 8.97. The molecule has 1 heterocycles. The van der Waals surface area contributed by atoms with Crippen molar-refractivity contribution in [1.29, 1.82) is 0 Å². The quantitative estimate of drug-likeness (QED) is 0.504. The molecule has 2 aromatic rings. The highest BCUT2D eigenvalue weighted by Crippen LogP contribution is 2.39. The van der Waals surface area contributed by atoms with E-state index in [1.54, 1.807) is 28.4 Å². The number of hydrogen-bond donors (Lipinski definition) is 1. The number of carbonyl (C=O) groups is 1. The minimum absolute atomic E-state index is 0.00198. The van der Waals surface area contributed by atoms with E-state index in [1.807, 2.05) is 12.1 Å². The number of methoxy groups -OCH3 is 4. The second kappa shape index (κ2) is 12.7. The molecule has 3 rings (SSSR count). The van der Waals surface area contributed by atoms with Crippen molar-refractivity contribution in [1.82, 2.24) is 10.2 Å². The summed E-state index contributed by atoms with van der Waals surface area (Å²) in [7, 11) is 6.61. The zero-order valence-corrected chi connectivity index (χ0v) is 22.0. The average molecular weight is 485 g/mol. The average Bonchev–Trinajstić information content (AvgIpc) is 3.04. The molecule has 7 heteroatoms. The first kappa shape index (κ1) is 26.7. The van der Waals surface area contributed by atoms with E-state index >= 15 is 0 Å². The van der Waals surface area contributed by atoms with Gasteiger partial charge in [-0.25, -0.2) is 0 Å². The maximum absolute atomic E-state index is 13.0. The SMILES string of the molecule is CCC(CC)NC(=O)CN1CCCc2cc(OC)c(OC)cc2C1Cc1ccc(OC)c(OC)c1. The van der Waals surface area contributed by atoms with E-state index < -0.39 is 0 Å². The fourth-order valence-corrected chi connectivity index (χ4v) is 4.90. The minimum atomic E-state index is -0.00198. The number of rotatable bonds is 11. The van der Waals surface area contributed by atoms with Crippen LogP contribution in [-0.2, 0) is 17.6 Å². The zero-order chi connectivity index (χ0) is 25.4. The van der Waals surface area contributed by atoms with Gasteiger partial charge in [0.05, 0.1) is 35.0 Å². The summed E-state index contributed by atoms with van der Waals surface area (Å²) < 4.78 is 22.2. The summed E-state index contributed by atoms with van der Waals surface area (Å²) in [6.07, 6.45) is 4.46. The molecule has 1 N–H and O–H groups in total. The van der Waals surface area contributed by atoms with E-state index in [9.17, 15) is 4.79 Å². The van der Waals surface area contributed by atoms with Crippen molar-refractivity contribution in [3.8, 4) is 23.0 Å². The maximum atomic E-state index is 13.0. The molecule has 2 aromatic carbocycles. The first-order valence-electron chi connectivity index (χ1n) is 12.5. The lowest BCUT2D eigenvalue weighted by Gasteiger charge is -2.32. The third-order valence-electron chi connectivity index (χ3n) is 6.91. The van der Waals surface area contributed by atoms with Gasteiger partial charge in [-0.1, -0.05) is 19.9 Å². The van der Waals surface area contributed by atoms with E-state index in [1.165, 1.54) is 11.1 Å². The van der Waals surface area contributed by atoms with Crippen LogP contribution in [0.2, 0.25) is 0 Å². The molecule has 0 radical (unpaired) electrons. The molecule has 0 spiro atoms. The minimum Gasteiger partial charge on any atom is -0.493 e. The van der Waals surface area contributed by atoms with Crippen molar-refractivity contribution in [3.05, 3.63) is 47.0 Å². The van der Waals surface area contributed by atoms with Gasteiger partial charge < -0.3 is 24.3 Å². The Balaban J connectivity index is 2.00. The van der Waals surface area contributed by atoms with E-state index in [4.69, 9.17) is 18.9 Å². The standard InChI is InChI=1S/C28H40N2O5/c1-7-21(8-2)29-28(31)18-30-13-9-10-20-16-26(34-5)27(35-6)17-22(20)23(30)14-19-11-12-24(32-3)25(15-19)33-4/h11-12,15-17,21,23H,7-10,13-14,18H2,1-6H3,(H,29,31). The van der Waals surface area contributed by atoms with E-state index in [-0.39, 0.29) is 18.0 Å².